The van der Waals surface area contributed by atoms with E-state index in [9.17, 15) is 9.59 Å². The van der Waals surface area contributed by atoms with Gasteiger partial charge in [0.2, 0.25) is 5.91 Å². The third-order valence-corrected chi connectivity index (χ3v) is 4.71. The average Bonchev–Trinajstić information content (AvgIpc) is 3.31. The highest BCUT2D eigenvalue weighted by Gasteiger charge is 2.26. The number of carboxylic acid groups (broad SMARTS) is 1. The van der Waals surface area contributed by atoms with Crippen LogP contribution in [0.3, 0.4) is 0 Å². The number of aromatic carboxylic acids is 1. The van der Waals surface area contributed by atoms with E-state index < -0.39 is 5.97 Å². The molecule has 0 radical (unpaired) electrons. The van der Waals surface area contributed by atoms with E-state index in [0.717, 1.165) is 29.3 Å². The topological polar surface area (TPSA) is 117 Å². The van der Waals surface area contributed by atoms with Gasteiger partial charge in [-0.15, -0.1) is 5.10 Å². The molecule has 4 rings (SSSR count). The SMILES string of the molecule is O=C(O)c1cn(C2CCCN(C(=O)Cc3ccc4cn[nH]c4c3)C2)nn1. The molecule has 1 aliphatic heterocycles. The van der Waals surface area contributed by atoms with Crippen molar-refractivity contribution in [3.63, 3.8) is 0 Å². The van der Waals surface area contributed by atoms with Crippen LogP contribution in [-0.4, -0.2) is 60.2 Å². The van der Waals surface area contributed by atoms with E-state index in [4.69, 9.17) is 5.11 Å². The molecule has 9 heteroatoms. The maximum atomic E-state index is 12.7. The molecule has 0 saturated carbocycles. The van der Waals surface area contributed by atoms with E-state index in [1.165, 1.54) is 6.20 Å². The van der Waals surface area contributed by atoms with Gasteiger partial charge in [-0.2, -0.15) is 5.10 Å². The van der Waals surface area contributed by atoms with Crippen molar-refractivity contribution in [2.24, 2.45) is 0 Å². The first-order valence-corrected chi connectivity index (χ1v) is 8.45. The number of piperidine rings is 1. The van der Waals surface area contributed by atoms with Crippen molar-refractivity contribution >= 4 is 22.8 Å². The predicted octanol–water partition coefficient (Wildman–Crippen LogP) is 1.26. The van der Waals surface area contributed by atoms with E-state index in [1.54, 1.807) is 10.9 Å². The summed E-state index contributed by atoms with van der Waals surface area (Å²) in [5.41, 5.74) is 1.76. The van der Waals surface area contributed by atoms with Crippen LogP contribution in [0, 0.1) is 0 Å². The van der Waals surface area contributed by atoms with Gasteiger partial charge in [0.1, 0.15) is 0 Å². The van der Waals surface area contributed by atoms with E-state index in [-0.39, 0.29) is 17.6 Å². The number of nitrogens with one attached hydrogen (secondary N) is 1. The monoisotopic (exact) mass is 354 g/mol. The zero-order valence-electron chi connectivity index (χ0n) is 14.0. The third-order valence-electron chi connectivity index (χ3n) is 4.71. The van der Waals surface area contributed by atoms with Crippen LogP contribution in [0.15, 0.2) is 30.6 Å². The van der Waals surface area contributed by atoms with Gasteiger partial charge in [-0.1, -0.05) is 17.3 Å². The molecule has 2 aromatic heterocycles. The van der Waals surface area contributed by atoms with Gasteiger partial charge < -0.3 is 10.0 Å². The summed E-state index contributed by atoms with van der Waals surface area (Å²) < 4.78 is 1.56. The Morgan fingerprint density at radius 3 is 3.04 bits per heavy atom. The highest BCUT2D eigenvalue weighted by atomic mass is 16.4. The van der Waals surface area contributed by atoms with Crippen molar-refractivity contribution in [1.82, 2.24) is 30.1 Å². The lowest BCUT2D eigenvalue weighted by molar-refractivity contribution is -0.132. The van der Waals surface area contributed by atoms with Crippen LogP contribution >= 0.6 is 0 Å². The van der Waals surface area contributed by atoms with Crippen molar-refractivity contribution in [3.8, 4) is 0 Å². The number of hydrogen-bond acceptors (Lipinski definition) is 5. The van der Waals surface area contributed by atoms with Gasteiger partial charge in [0.25, 0.3) is 0 Å². The number of hydrogen-bond donors (Lipinski definition) is 2. The van der Waals surface area contributed by atoms with Gasteiger partial charge in [0.05, 0.1) is 30.4 Å². The number of benzene rings is 1. The van der Waals surface area contributed by atoms with Gasteiger partial charge >= 0.3 is 5.97 Å². The molecule has 1 atom stereocenters. The van der Waals surface area contributed by atoms with Crippen LogP contribution in [0.4, 0.5) is 0 Å². The quantitative estimate of drug-likeness (QED) is 0.728. The Balaban J connectivity index is 1.44. The molecule has 0 spiro atoms. The predicted molar refractivity (Wildman–Crippen MR) is 91.6 cm³/mol. The smallest absolute Gasteiger partial charge is 0.358 e. The van der Waals surface area contributed by atoms with Gasteiger partial charge in [0.15, 0.2) is 5.69 Å². The molecule has 1 aliphatic rings. The lowest BCUT2D eigenvalue weighted by Crippen LogP contribution is -2.41. The Bertz CT molecular complexity index is 962. The van der Waals surface area contributed by atoms with Crippen molar-refractivity contribution < 1.29 is 14.7 Å². The number of aromatic nitrogens is 5. The lowest BCUT2D eigenvalue weighted by Gasteiger charge is -2.32. The molecule has 9 nitrogen and oxygen atoms in total. The molecule has 0 aliphatic carbocycles. The summed E-state index contributed by atoms with van der Waals surface area (Å²) in [5, 5.41) is 24.4. The average molecular weight is 354 g/mol. The van der Waals surface area contributed by atoms with Gasteiger partial charge in [-0.05, 0) is 24.5 Å². The second kappa shape index (κ2) is 6.58. The maximum Gasteiger partial charge on any atom is 0.358 e. The summed E-state index contributed by atoms with van der Waals surface area (Å²) >= 11 is 0. The largest absolute Gasteiger partial charge is 0.476 e. The van der Waals surface area contributed by atoms with Crippen LogP contribution < -0.4 is 0 Å². The number of carboxylic acids is 1. The first-order valence-electron chi connectivity index (χ1n) is 8.45. The summed E-state index contributed by atoms with van der Waals surface area (Å²) in [5.74, 6) is -1.05. The lowest BCUT2D eigenvalue weighted by atomic mass is 10.0. The molecule has 2 N–H and O–H groups in total. The van der Waals surface area contributed by atoms with Crippen LogP contribution in [-0.2, 0) is 11.2 Å². The minimum atomic E-state index is -1.10. The molecular weight excluding hydrogens is 336 g/mol. The summed E-state index contributed by atoms with van der Waals surface area (Å²) in [4.78, 5) is 25.5. The van der Waals surface area contributed by atoms with Crippen molar-refractivity contribution in [3.05, 3.63) is 41.9 Å². The van der Waals surface area contributed by atoms with Crippen LogP contribution in [0.25, 0.3) is 10.9 Å². The van der Waals surface area contributed by atoms with Crippen molar-refractivity contribution in [1.29, 1.82) is 0 Å². The highest BCUT2D eigenvalue weighted by Crippen LogP contribution is 2.22. The Kier molecular flexibility index (Phi) is 4.11. The zero-order valence-corrected chi connectivity index (χ0v) is 14.0. The van der Waals surface area contributed by atoms with Crippen molar-refractivity contribution in [2.75, 3.05) is 13.1 Å². The Labute approximate surface area is 148 Å². The van der Waals surface area contributed by atoms with Gasteiger partial charge in [0, 0.05) is 18.5 Å². The Morgan fingerprint density at radius 1 is 1.35 bits per heavy atom. The number of likely N-dealkylation sites (tertiary alicyclic amines) is 1. The van der Waals surface area contributed by atoms with E-state index >= 15 is 0 Å². The maximum absolute atomic E-state index is 12.7. The zero-order chi connectivity index (χ0) is 18.1. The number of nitrogens with zero attached hydrogens (tertiary/aromatic N) is 5. The summed E-state index contributed by atoms with van der Waals surface area (Å²) in [7, 11) is 0. The van der Waals surface area contributed by atoms with Crippen LogP contribution in [0.2, 0.25) is 0 Å². The molecule has 134 valence electrons. The van der Waals surface area contributed by atoms with Crippen LogP contribution in [0.1, 0.15) is 34.9 Å². The normalized spacial score (nSPS) is 17.5. The fraction of sp³-hybridized carbons (Fsp3) is 0.353. The molecule has 1 amide bonds. The Hall–Kier alpha value is -3.23. The van der Waals surface area contributed by atoms with E-state index in [2.05, 4.69) is 20.5 Å². The molecule has 26 heavy (non-hydrogen) atoms. The Morgan fingerprint density at radius 2 is 2.23 bits per heavy atom. The molecule has 3 aromatic rings. The van der Waals surface area contributed by atoms with E-state index in [1.807, 2.05) is 23.1 Å². The van der Waals surface area contributed by atoms with Gasteiger partial charge in [-0.3, -0.25) is 9.89 Å². The number of fused-ring (bicyclic) bond motifs is 1. The fourth-order valence-corrected chi connectivity index (χ4v) is 3.33. The first kappa shape index (κ1) is 16.2. The molecule has 0 bridgehead atoms. The standard InChI is InChI=1S/C17H18N6O3/c24-16(7-11-3-4-12-8-18-19-14(12)6-11)22-5-1-2-13(9-22)23-10-15(17(25)26)20-21-23/h3-4,6,8,10,13H,1-2,5,7,9H2,(H,18,19)(H,25,26). The second-order valence-electron chi connectivity index (χ2n) is 6.49. The minimum Gasteiger partial charge on any atom is -0.476 e. The summed E-state index contributed by atoms with van der Waals surface area (Å²) in [6, 6.07) is 5.78. The number of amides is 1. The van der Waals surface area contributed by atoms with Crippen LogP contribution in [0.5, 0.6) is 0 Å². The minimum absolute atomic E-state index is 0.0483. The van der Waals surface area contributed by atoms with E-state index in [0.29, 0.717) is 19.5 Å². The fourth-order valence-electron chi connectivity index (χ4n) is 3.33. The summed E-state index contributed by atoms with van der Waals surface area (Å²) in [6.45, 7) is 1.20. The number of aromatic amines is 1. The second-order valence-corrected chi connectivity index (χ2v) is 6.49. The third kappa shape index (κ3) is 3.15. The first-order chi connectivity index (χ1) is 12.6. The summed E-state index contributed by atoms with van der Waals surface area (Å²) in [6.07, 6.45) is 5.18. The molecule has 1 unspecified atom stereocenters. The molecular formula is C17H18N6O3. The molecule has 3 heterocycles. The van der Waals surface area contributed by atoms with Gasteiger partial charge in [-0.25, -0.2) is 9.48 Å². The number of carbonyl (C=O) groups excluding carboxylic acids is 1. The number of H-pyrrole nitrogens is 1. The van der Waals surface area contributed by atoms with Crippen molar-refractivity contribution in [2.45, 2.75) is 25.3 Å². The molecule has 1 aromatic carbocycles. The number of rotatable bonds is 4. The molecule has 1 saturated heterocycles. The molecule has 1 fully saturated rings. The number of carbonyl (C=O) groups is 2. The highest BCUT2D eigenvalue weighted by molar-refractivity contribution is 5.84.